The molecule has 0 unspecified atom stereocenters. The summed E-state index contributed by atoms with van der Waals surface area (Å²) in [6, 6.07) is 34.9. The molecule has 0 fully saturated rings. The van der Waals surface area contributed by atoms with E-state index >= 15 is 0 Å². The van der Waals surface area contributed by atoms with E-state index in [1.165, 1.54) is 71.0 Å². The van der Waals surface area contributed by atoms with Crippen molar-refractivity contribution in [3.8, 4) is 45.1 Å². The molecule has 0 spiro atoms. The molecule has 0 atom stereocenters. The van der Waals surface area contributed by atoms with E-state index in [1.54, 1.807) is 0 Å². The minimum Gasteiger partial charge on any atom is -0.508 e. The second kappa shape index (κ2) is 12.3. The molecule has 0 aliphatic rings. The molecule has 51 heavy (non-hydrogen) atoms. The van der Waals surface area contributed by atoms with Gasteiger partial charge in [0.2, 0.25) is 0 Å². The lowest BCUT2D eigenvalue weighted by Gasteiger charge is -2.24. The molecule has 0 aliphatic heterocycles. The number of phenols is 1. The van der Waals surface area contributed by atoms with Crippen LogP contribution in [-0.2, 0) is 0 Å². The topological polar surface area (TPSA) is 38.0 Å². The molecule has 1 N–H and O–H groups in total. The average molecular weight is 645 g/mol. The normalized spacial score (nSPS) is 11.5. The van der Waals surface area contributed by atoms with Gasteiger partial charge in [-0.25, -0.2) is 4.98 Å². The van der Waals surface area contributed by atoms with Crippen molar-refractivity contribution in [2.45, 2.75) is 0 Å². The summed E-state index contributed by atoms with van der Waals surface area (Å²) in [6.45, 7) is 0. The first-order valence-electron chi connectivity index (χ1n) is 17.9. The Hall–Kier alpha value is -5.09. The first kappa shape index (κ1) is 33.1. The highest BCUT2D eigenvalue weighted by atomic mass is 16.3. The van der Waals surface area contributed by atoms with Crippen LogP contribution in [0.1, 0.15) is 0 Å². The number of aromatic nitrogens is 2. The molecule has 8 aromatic rings. The number of aromatic hydroxyl groups is 1. The second-order valence-electron chi connectivity index (χ2n) is 14.4. The fraction of sp³-hybridized carbons (Fsp3) is 0. The monoisotopic (exact) mass is 646 g/mol. The fourth-order valence-corrected chi connectivity index (χ4v) is 8.38. The molecule has 0 amide bonds. The molecule has 8 rings (SSSR count). The summed E-state index contributed by atoms with van der Waals surface area (Å²) < 4.78 is 2.20. The maximum Gasteiger partial charge on any atom is 0.148 e. The van der Waals surface area contributed by atoms with Crippen molar-refractivity contribution < 1.29 is 5.11 Å². The van der Waals surface area contributed by atoms with Gasteiger partial charge < -0.3 is 5.11 Å². The van der Waals surface area contributed by atoms with Gasteiger partial charge in [-0.2, -0.15) is 0 Å². The Morgan fingerprint density at radius 1 is 0.412 bits per heavy atom. The molecule has 0 saturated carbocycles. The van der Waals surface area contributed by atoms with Gasteiger partial charge in [0, 0.05) is 5.69 Å². The van der Waals surface area contributed by atoms with Gasteiger partial charge >= 0.3 is 0 Å². The van der Waals surface area contributed by atoms with Crippen LogP contribution in [0.5, 0.6) is 5.75 Å². The Morgan fingerprint density at radius 3 is 1.39 bits per heavy atom. The number of phenolic OH excluding ortho intramolecular Hbond substituents is 1. The Morgan fingerprint density at radius 2 is 0.843 bits per heavy atom. The molecule has 234 valence electrons. The van der Waals surface area contributed by atoms with Crippen molar-refractivity contribution in [2.75, 3.05) is 0 Å². The SMILES string of the molecule is Bc1c(B)c(B)c(-c2c3ccccc3c(-c3ccc(-n4c(-c5c(B)c(B)c(B)c(B)c5O)nc5ccccc54)cc3)c3ccccc23)c(B)c1B. The van der Waals surface area contributed by atoms with E-state index in [-0.39, 0.29) is 0 Å². The third-order valence-electron chi connectivity index (χ3n) is 12.0. The second-order valence-corrected chi connectivity index (χ2v) is 14.4. The summed E-state index contributed by atoms with van der Waals surface area (Å²) in [7, 11) is 19.6. The van der Waals surface area contributed by atoms with E-state index in [0.717, 1.165) is 50.1 Å². The number of hydrogen-bond acceptors (Lipinski definition) is 2. The zero-order valence-corrected chi connectivity index (χ0v) is 31.1. The van der Waals surface area contributed by atoms with E-state index in [9.17, 15) is 5.11 Å². The summed E-state index contributed by atoms with van der Waals surface area (Å²) >= 11 is 0. The van der Waals surface area contributed by atoms with Crippen LogP contribution in [0.25, 0.3) is 71.9 Å². The molecule has 1 heterocycles. The third kappa shape index (κ3) is 4.90. The smallest absolute Gasteiger partial charge is 0.148 e. The molecule has 0 saturated heterocycles. The van der Waals surface area contributed by atoms with E-state index < -0.39 is 0 Å². The molecular weight excluding hydrogens is 610 g/mol. The fourth-order valence-electron chi connectivity index (χ4n) is 8.38. The van der Waals surface area contributed by atoms with Crippen molar-refractivity contribution in [3.63, 3.8) is 0 Å². The Kier molecular flexibility index (Phi) is 7.98. The maximum atomic E-state index is 11.6. The summed E-state index contributed by atoms with van der Waals surface area (Å²) in [4.78, 5) is 5.13. The molecule has 7 aromatic carbocycles. The molecule has 3 nitrogen and oxygen atoms in total. The van der Waals surface area contributed by atoms with E-state index in [1.807, 2.05) is 20.0 Å². The minimum atomic E-state index is 0.297. The molecule has 0 bridgehead atoms. The lowest BCUT2D eigenvalue weighted by Crippen LogP contribution is -2.55. The summed E-state index contributed by atoms with van der Waals surface area (Å²) in [5.74, 6) is 1.05. The predicted octanol–water partition coefficient (Wildman–Crippen LogP) is -5.64. The van der Waals surface area contributed by atoms with Crippen LogP contribution >= 0.6 is 0 Å². The first-order chi connectivity index (χ1) is 24.5. The van der Waals surface area contributed by atoms with Gasteiger partial charge in [-0.1, -0.05) is 100 Å². The summed E-state index contributed by atoms with van der Waals surface area (Å²) in [6.07, 6.45) is 0. The Labute approximate surface area is 308 Å². The Balaban J connectivity index is 1.38. The zero-order valence-electron chi connectivity index (χ0n) is 31.1. The van der Waals surface area contributed by atoms with Crippen LogP contribution in [0.3, 0.4) is 0 Å². The van der Waals surface area contributed by atoms with Gasteiger partial charge in [0.15, 0.2) is 0 Å². The lowest BCUT2D eigenvalue weighted by atomic mass is 9.59. The summed E-state index contributed by atoms with van der Waals surface area (Å²) in [5.41, 5.74) is 19.8. The van der Waals surface area contributed by atoms with Gasteiger partial charge in [-0.05, 0) is 68.1 Å². The van der Waals surface area contributed by atoms with Gasteiger partial charge in [0.1, 0.15) is 82.2 Å². The highest BCUT2D eigenvalue weighted by molar-refractivity contribution is 6.69. The average Bonchev–Trinajstić information content (AvgIpc) is 3.53. The van der Waals surface area contributed by atoms with Gasteiger partial charge in [-0.3, -0.25) is 4.57 Å². The van der Waals surface area contributed by atoms with Crippen molar-refractivity contribution in [1.82, 2.24) is 9.55 Å². The van der Waals surface area contributed by atoms with Crippen molar-refractivity contribution in [3.05, 3.63) is 97.1 Å². The van der Waals surface area contributed by atoms with E-state index in [4.69, 9.17) is 4.98 Å². The molecule has 0 radical (unpaired) electrons. The Bertz CT molecular complexity index is 2640. The number of fused-ring (bicyclic) bond motifs is 3. The van der Waals surface area contributed by atoms with Crippen LogP contribution in [-0.4, -0.2) is 85.3 Å². The van der Waals surface area contributed by atoms with Crippen LogP contribution < -0.4 is 49.2 Å². The van der Waals surface area contributed by atoms with Gasteiger partial charge in [0.25, 0.3) is 0 Å². The van der Waals surface area contributed by atoms with Crippen LogP contribution in [0.2, 0.25) is 0 Å². The lowest BCUT2D eigenvalue weighted by molar-refractivity contribution is 0.482. The number of nitrogens with zero attached hydrogens (tertiary/aromatic N) is 2. The minimum absolute atomic E-state index is 0.297. The highest BCUT2D eigenvalue weighted by Gasteiger charge is 2.24. The van der Waals surface area contributed by atoms with Gasteiger partial charge in [-0.15, -0.1) is 21.9 Å². The first-order valence-corrected chi connectivity index (χ1v) is 17.9. The number of rotatable bonds is 4. The standard InChI is InChI=1S/C39H35B9N2O/c40-29-27(30(41)33(44)35(46)32(29)43)26-21-9-3-1-7-19(21)25(20-8-2-4-10-22(20)26)17-13-15-18(16-14-17)50-24-12-6-5-11-23(24)49-39(50)28-31(42)34(45)36(47)37(48)38(28)51/h1-16,51H,40-48H2. The van der Waals surface area contributed by atoms with Crippen LogP contribution in [0.15, 0.2) is 97.1 Å². The van der Waals surface area contributed by atoms with Gasteiger partial charge in [0.05, 0.1) is 16.6 Å². The highest BCUT2D eigenvalue weighted by Crippen LogP contribution is 2.43. The molecular formula is C39H35B9N2O. The van der Waals surface area contributed by atoms with Crippen LogP contribution in [0, 0.1) is 0 Å². The summed E-state index contributed by atoms with van der Waals surface area (Å²) in [5, 5.41) is 16.6. The van der Waals surface area contributed by atoms with E-state index in [0.29, 0.717) is 5.75 Å². The molecule has 1 aromatic heterocycles. The van der Waals surface area contributed by atoms with Crippen molar-refractivity contribution >= 4 is 152 Å². The molecule has 12 heteroatoms. The maximum absolute atomic E-state index is 11.6. The van der Waals surface area contributed by atoms with Crippen molar-refractivity contribution in [1.29, 1.82) is 0 Å². The third-order valence-corrected chi connectivity index (χ3v) is 12.0. The number of para-hydroxylation sites is 2. The van der Waals surface area contributed by atoms with Crippen molar-refractivity contribution in [2.24, 2.45) is 0 Å². The zero-order chi connectivity index (χ0) is 35.9. The largest absolute Gasteiger partial charge is 0.508 e. The molecule has 0 aliphatic carbocycles. The van der Waals surface area contributed by atoms with E-state index in [2.05, 4.69) is 152 Å². The quantitative estimate of drug-likeness (QED) is 0.153. The predicted molar refractivity (Wildman–Crippen MR) is 248 cm³/mol. The number of benzene rings is 7. The number of hydrogen-bond donors (Lipinski definition) is 1. The number of imidazole rings is 1. The van der Waals surface area contributed by atoms with Crippen LogP contribution in [0.4, 0.5) is 0 Å².